The van der Waals surface area contributed by atoms with Crippen molar-refractivity contribution in [2.75, 3.05) is 0 Å². The third kappa shape index (κ3) is 1.99. The van der Waals surface area contributed by atoms with Crippen molar-refractivity contribution in [1.29, 1.82) is 0 Å². The van der Waals surface area contributed by atoms with E-state index >= 15 is 0 Å². The van der Waals surface area contributed by atoms with Crippen molar-refractivity contribution in [3.05, 3.63) is 35.6 Å². The van der Waals surface area contributed by atoms with Crippen LogP contribution >= 0.6 is 0 Å². The molecule has 3 atom stereocenters. The van der Waals surface area contributed by atoms with Crippen molar-refractivity contribution < 1.29 is 14.0 Å². The largest absolute Gasteiger partial charge is 0.297 e. The van der Waals surface area contributed by atoms with Crippen molar-refractivity contribution in [2.45, 2.75) is 44.3 Å². The number of hydrogen-bond donors (Lipinski definition) is 0. The Balaban J connectivity index is 1.64. The summed E-state index contributed by atoms with van der Waals surface area (Å²) in [6.45, 7) is 0.351. The molecule has 1 aromatic rings. The minimum Gasteiger partial charge on any atom is -0.297 e. The van der Waals surface area contributed by atoms with Crippen LogP contribution in [0, 0.1) is 11.7 Å². The Morgan fingerprint density at radius 1 is 1.24 bits per heavy atom. The number of Topliss-reactive ketones (excluding diaryl/α,β-unsaturated/α-hetero) is 1. The molecule has 0 unspecified atom stereocenters. The van der Waals surface area contributed by atoms with Crippen LogP contribution in [0.5, 0.6) is 0 Å². The molecular weight excluding hydrogens is 271 g/mol. The number of amides is 1. The molecule has 0 N–H and O–H groups in total. The molecule has 3 aliphatic rings. The van der Waals surface area contributed by atoms with Gasteiger partial charge >= 0.3 is 0 Å². The van der Waals surface area contributed by atoms with Crippen molar-refractivity contribution >= 4 is 11.7 Å². The Morgan fingerprint density at radius 2 is 2.10 bits per heavy atom. The van der Waals surface area contributed by atoms with Gasteiger partial charge in [-0.25, -0.2) is 9.40 Å². The van der Waals surface area contributed by atoms with E-state index in [2.05, 4.69) is 0 Å². The van der Waals surface area contributed by atoms with E-state index in [1.54, 1.807) is 11.1 Å². The van der Waals surface area contributed by atoms with Crippen molar-refractivity contribution in [3.63, 3.8) is 0 Å². The summed E-state index contributed by atoms with van der Waals surface area (Å²) in [6, 6.07) is 6.48. The molecule has 2 bridgehead atoms. The molecule has 5 heteroatoms. The Kier molecular flexibility index (Phi) is 2.85. The lowest BCUT2D eigenvalue weighted by Gasteiger charge is -2.45. The van der Waals surface area contributed by atoms with Gasteiger partial charge < -0.3 is 0 Å². The number of halogens is 1. The second-order valence-electron chi connectivity index (χ2n) is 6.28. The molecule has 1 aliphatic carbocycles. The van der Waals surface area contributed by atoms with Gasteiger partial charge in [0.25, 0.3) is 0 Å². The van der Waals surface area contributed by atoms with E-state index in [1.807, 2.05) is 11.1 Å². The molecule has 21 heavy (non-hydrogen) atoms. The number of fused-ring (bicyclic) bond motifs is 5. The molecule has 3 fully saturated rings. The zero-order valence-electron chi connectivity index (χ0n) is 11.7. The highest BCUT2D eigenvalue weighted by atomic mass is 19.1. The maximum atomic E-state index is 13.3. The van der Waals surface area contributed by atoms with Crippen LogP contribution in [0.25, 0.3) is 0 Å². The van der Waals surface area contributed by atoms with E-state index in [1.165, 1.54) is 12.1 Å². The molecule has 0 aromatic heterocycles. The highest BCUT2D eigenvalue weighted by Crippen LogP contribution is 2.45. The zero-order valence-corrected chi connectivity index (χ0v) is 11.7. The van der Waals surface area contributed by atoms with Crippen LogP contribution in [-0.4, -0.2) is 33.8 Å². The summed E-state index contributed by atoms with van der Waals surface area (Å²) in [5, 5.41) is 3.68. The molecule has 4 nitrogen and oxygen atoms in total. The summed E-state index contributed by atoms with van der Waals surface area (Å²) in [6.07, 6.45) is 3.12. The molecule has 0 radical (unpaired) electrons. The Bertz CT molecular complexity index is 618. The highest BCUT2D eigenvalue weighted by molar-refractivity contribution is 6.03. The number of piperidine rings is 1. The first-order valence-electron chi connectivity index (χ1n) is 7.49. The van der Waals surface area contributed by atoms with Gasteiger partial charge in [0.05, 0.1) is 19.0 Å². The average molecular weight is 288 g/mol. The van der Waals surface area contributed by atoms with Crippen molar-refractivity contribution in [1.82, 2.24) is 10.0 Å². The second-order valence-corrected chi connectivity index (χ2v) is 6.28. The van der Waals surface area contributed by atoms with E-state index < -0.39 is 0 Å². The number of carbonyl (C=O) groups is 2. The van der Waals surface area contributed by atoms with Gasteiger partial charge in [-0.3, -0.25) is 14.6 Å². The molecule has 4 rings (SSSR count). The minimum absolute atomic E-state index is 0.0142. The summed E-state index contributed by atoms with van der Waals surface area (Å²) >= 11 is 0. The maximum absolute atomic E-state index is 13.3. The first kappa shape index (κ1) is 13.0. The van der Waals surface area contributed by atoms with Gasteiger partial charge in [-0.1, -0.05) is 12.1 Å². The van der Waals surface area contributed by atoms with Gasteiger partial charge in [0.15, 0.2) is 5.78 Å². The minimum atomic E-state index is -0.299. The van der Waals surface area contributed by atoms with Crippen LogP contribution in [0.2, 0.25) is 0 Å². The van der Waals surface area contributed by atoms with E-state index in [0.717, 1.165) is 24.8 Å². The number of ketones is 1. The predicted molar refractivity (Wildman–Crippen MR) is 73.3 cm³/mol. The maximum Gasteiger partial charge on any atom is 0.244 e. The summed E-state index contributed by atoms with van der Waals surface area (Å²) in [4.78, 5) is 24.5. The number of nitrogens with zero attached hydrogens (tertiary/aromatic N) is 2. The van der Waals surface area contributed by atoms with Crippen LogP contribution in [0.15, 0.2) is 24.3 Å². The van der Waals surface area contributed by atoms with Crippen LogP contribution in [-0.2, 0) is 16.1 Å². The molecule has 2 heterocycles. The van der Waals surface area contributed by atoms with Gasteiger partial charge in [0, 0.05) is 6.04 Å². The molecule has 2 aliphatic heterocycles. The van der Waals surface area contributed by atoms with Crippen molar-refractivity contribution in [2.24, 2.45) is 5.92 Å². The van der Waals surface area contributed by atoms with Gasteiger partial charge in [-0.05, 0) is 42.9 Å². The van der Waals surface area contributed by atoms with Crippen LogP contribution in [0.4, 0.5) is 4.39 Å². The highest BCUT2D eigenvalue weighted by Gasteiger charge is 2.54. The summed E-state index contributed by atoms with van der Waals surface area (Å²) in [5.74, 6) is -0.00566. The lowest BCUT2D eigenvalue weighted by Crippen LogP contribution is -2.61. The number of rotatable bonds is 2. The number of hydrazine groups is 1. The summed E-state index contributed by atoms with van der Waals surface area (Å²) in [7, 11) is 0. The fourth-order valence-corrected chi connectivity index (χ4v) is 4.17. The van der Waals surface area contributed by atoms with Crippen LogP contribution in [0.1, 0.15) is 31.2 Å². The van der Waals surface area contributed by atoms with E-state index in [9.17, 15) is 14.0 Å². The van der Waals surface area contributed by atoms with Gasteiger partial charge in [0.2, 0.25) is 5.91 Å². The fourth-order valence-electron chi connectivity index (χ4n) is 4.17. The lowest BCUT2D eigenvalue weighted by atomic mass is 9.92. The standard InChI is InChI=1S/C16H17FN2O2/c17-12-3-1-2-10(6-12)9-18-15(21)8-14(20)16-11-4-5-13(7-11)19(16)18/h1-3,6,11,13,16H,4-5,7-9H2/t11-,13-,16-/m0/s1. The van der Waals surface area contributed by atoms with Gasteiger partial charge in [0.1, 0.15) is 5.82 Å². The molecule has 110 valence electrons. The normalized spacial score (nSPS) is 31.9. The third-order valence-electron chi connectivity index (χ3n) is 4.99. The zero-order chi connectivity index (χ0) is 14.6. The molecular formula is C16H17FN2O2. The number of carbonyl (C=O) groups excluding carboxylic acids is 2. The monoisotopic (exact) mass is 288 g/mol. The molecule has 0 spiro atoms. The molecule has 2 saturated heterocycles. The van der Waals surface area contributed by atoms with Gasteiger partial charge in [-0.15, -0.1) is 0 Å². The Morgan fingerprint density at radius 3 is 2.90 bits per heavy atom. The van der Waals surface area contributed by atoms with Crippen molar-refractivity contribution in [3.8, 4) is 0 Å². The number of hydrogen-bond acceptors (Lipinski definition) is 3. The topological polar surface area (TPSA) is 40.6 Å². The predicted octanol–water partition coefficient (Wildman–Crippen LogP) is 1.90. The molecule has 1 amide bonds. The van der Waals surface area contributed by atoms with E-state index in [-0.39, 0.29) is 30.0 Å². The third-order valence-corrected chi connectivity index (χ3v) is 4.99. The average Bonchev–Trinajstić information content (AvgIpc) is 3.04. The SMILES string of the molecule is O=C1CC(=O)N(Cc2cccc(F)c2)N2[C@H]3CC[C@@H](C3)[C@@H]12. The smallest absolute Gasteiger partial charge is 0.244 e. The first-order chi connectivity index (χ1) is 10.1. The fraction of sp³-hybridized carbons (Fsp3) is 0.500. The molecule has 1 saturated carbocycles. The Hall–Kier alpha value is -1.75. The van der Waals surface area contributed by atoms with E-state index in [4.69, 9.17) is 0 Å². The summed E-state index contributed by atoms with van der Waals surface area (Å²) < 4.78 is 13.3. The summed E-state index contributed by atoms with van der Waals surface area (Å²) in [5.41, 5.74) is 0.763. The van der Waals surface area contributed by atoms with E-state index in [0.29, 0.717) is 18.5 Å². The molecule has 1 aromatic carbocycles. The van der Waals surface area contributed by atoms with Crippen LogP contribution < -0.4 is 0 Å². The lowest BCUT2D eigenvalue weighted by molar-refractivity contribution is -0.175. The first-order valence-corrected chi connectivity index (χ1v) is 7.49. The second kappa shape index (κ2) is 4.63. The number of benzene rings is 1. The van der Waals surface area contributed by atoms with Crippen LogP contribution in [0.3, 0.4) is 0 Å². The van der Waals surface area contributed by atoms with Gasteiger partial charge in [-0.2, -0.15) is 0 Å². The quantitative estimate of drug-likeness (QED) is 0.780. The Labute approximate surface area is 122 Å².